The Kier molecular flexibility index (Phi) is 3.75. The fourth-order valence-corrected chi connectivity index (χ4v) is 3.08. The molecule has 23 heavy (non-hydrogen) atoms. The second-order valence-electron chi connectivity index (χ2n) is 4.75. The summed E-state index contributed by atoms with van der Waals surface area (Å²) in [6, 6.07) is 13.0. The smallest absolute Gasteiger partial charge is 0.318 e. The minimum Gasteiger partial charge on any atom is -0.467 e. The highest BCUT2D eigenvalue weighted by Crippen LogP contribution is 2.25. The summed E-state index contributed by atoms with van der Waals surface area (Å²) in [5.41, 5.74) is 6.64. The molecule has 1 aromatic heterocycles. The van der Waals surface area contributed by atoms with Gasteiger partial charge in [-0.2, -0.15) is 9.97 Å². The van der Waals surface area contributed by atoms with Crippen molar-refractivity contribution < 1.29 is 13.2 Å². The van der Waals surface area contributed by atoms with E-state index in [0.717, 1.165) is 0 Å². The van der Waals surface area contributed by atoms with E-state index in [1.54, 1.807) is 24.3 Å². The number of fused-ring (bicyclic) bond motifs is 1. The fourth-order valence-electron chi connectivity index (χ4n) is 2.06. The largest absolute Gasteiger partial charge is 0.467 e. The number of methoxy groups -OCH3 is 1. The van der Waals surface area contributed by atoms with Crippen molar-refractivity contribution in [3.05, 3.63) is 48.5 Å². The number of ether oxygens (including phenoxy) is 1. The molecule has 0 bridgehead atoms. The lowest BCUT2D eigenvalue weighted by Gasteiger charge is -2.11. The molecular weight excluding hydrogens is 316 g/mol. The highest BCUT2D eigenvalue weighted by Gasteiger charge is 2.17. The number of sulfonamides is 1. The number of nitrogens with two attached hydrogens (primary N) is 1. The molecule has 3 aromatic rings. The van der Waals surface area contributed by atoms with Crippen molar-refractivity contribution in [2.75, 3.05) is 17.6 Å². The molecule has 0 unspecified atom stereocenters. The molecule has 2 aromatic carbocycles. The van der Waals surface area contributed by atoms with E-state index in [9.17, 15) is 8.42 Å². The van der Waals surface area contributed by atoms with Crippen LogP contribution in [0.5, 0.6) is 6.01 Å². The first-order chi connectivity index (χ1) is 11.0. The third-order valence-corrected chi connectivity index (χ3v) is 4.54. The molecule has 3 rings (SSSR count). The summed E-state index contributed by atoms with van der Waals surface area (Å²) in [5, 5.41) is 0.576. The maximum absolute atomic E-state index is 12.5. The van der Waals surface area contributed by atoms with Gasteiger partial charge in [0, 0.05) is 11.1 Å². The zero-order valence-electron chi connectivity index (χ0n) is 12.2. The van der Waals surface area contributed by atoms with Crippen LogP contribution in [0.15, 0.2) is 53.4 Å². The number of hydrogen-bond acceptors (Lipinski definition) is 6. The average Bonchev–Trinajstić information content (AvgIpc) is 2.54. The number of benzene rings is 2. The molecule has 0 aliphatic carbocycles. The van der Waals surface area contributed by atoms with Gasteiger partial charge in [0.05, 0.1) is 17.5 Å². The fraction of sp³-hybridized carbons (Fsp3) is 0.0667. The van der Waals surface area contributed by atoms with Gasteiger partial charge < -0.3 is 10.5 Å². The Bertz CT molecular complexity index is 956. The lowest BCUT2D eigenvalue weighted by Crippen LogP contribution is -2.15. The van der Waals surface area contributed by atoms with E-state index in [1.165, 1.54) is 31.4 Å². The summed E-state index contributed by atoms with van der Waals surface area (Å²) >= 11 is 0. The number of aromatic nitrogens is 2. The second-order valence-corrected chi connectivity index (χ2v) is 6.43. The number of nitrogens with one attached hydrogen (secondary N) is 1. The average molecular weight is 330 g/mol. The van der Waals surface area contributed by atoms with Crippen LogP contribution in [-0.4, -0.2) is 25.5 Å². The maximum Gasteiger partial charge on any atom is 0.318 e. The molecule has 0 atom stereocenters. The van der Waals surface area contributed by atoms with Gasteiger partial charge in [0.2, 0.25) is 0 Å². The predicted molar refractivity (Wildman–Crippen MR) is 87.8 cm³/mol. The third kappa shape index (κ3) is 3.02. The molecule has 0 amide bonds. The van der Waals surface area contributed by atoms with Crippen molar-refractivity contribution >= 4 is 32.4 Å². The van der Waals surface area contributed by atoms with E-state index in [-0.39, 0.29) is 16.7 Å². The Morgan fingerprint density at radius 3 is 2.43 bits per heavy atom. The molecule has 7 nitrogen and oxygen atoms in total. The van der Waals surface area contributed by atoms with Crippen LogP contribution in [0.3, 0.4) is 0 Å². The molecule has 0 radical (unpaired) electrons. The topological polar surface area (TPSA) is 107 Å². The van der Waals surface area contributed by atoms with Crippen molar-refractivity contribution in [1.29, 1.82) is 0 Å². The third-order valence-electron chi connectivity index (χ3n) is 3.19. The summed E-state index contributed by atoms with van der Waals surface area (Å²) in [5.74, 6) is 0.157. The van der Waals surface area contributed by atoms with Gasteiger partial charge in [0.15, 0.2) is 5.82 Å². The Balaban J connectivity index is 2.08. The van der Waals surface area contributed by atoms with Crippen molar-refractivity contribution in [3.63, 3.8) is 0 Å². The van der Waals surface area contributed by atoms with Gasteiger partial charge >= 0.3 is 6.01 Å². The van der Waals surface area contributed by atoms with Gasteiger partial charge in [-0.3, -0.25) is 4.72 Å². The first kappa shape index (κ1) is 15.0. The number of para-hydroxylation sites is 1. The van der Waals surface area contributed by atoms with Crippen molar-refractivity contribution in [2.45, 2.75) is 4.90 Å². The SMILES string of the molecule is COc1nc(NS(=O)(=O)c2ccc(N)cc2)c2ccccc2n1. The minimum atomic E-state index is -3.80. The van der Waals surface area contributed by atoms with E-state index in [1.807, 2.05) is 0 Å². The maximum atomic E-state index is 12.5. The molecule has 0 aliphatic heterocycles. The molecule has 1 heterocycles. The zero-order chi connectivity index (χ0) is 16.4. The molecule has 118 valence electrons. The summed E-state index contributed by atoms with van der Waals surface area (Å²) in [7, 11) is -2.38. The van der Waals surface area contributed by atoms with E-state index >= 15 is 0 Å². The Morgan fingerprint density at radius 1 is 1.04 bits per heavy atom. The van der Waals surface area contributed by atoms with Crippen LogP contribution in [0, 0.1) is 0 Å². The quantitative estimate of drug-likeness (QED) is 0.709. The second kappa shape index (κ2) is 5.73. The standard InChI is InChI=1S/C15H14N4O3S/c1-22-15-17-13-5-3-2-4-12(13)14(18-15)19-23(20,21)11-8-6-10(16)7-9-11/h2-9H,16H2,1H3,(H,17,18,19). The highest BCUT2D eigenvalue weighted by molar-refractivity contribution is 7.92. The predicted octanol–water partition coefficient (Wildman–Crippen LogP) is 2.02. The van der Waals surface area contributed by atoms with Crippen LogP contribution in [0.1, 0.15) is 0 Å². The van der Waals surface area contributed by atoms with E-state index in [0.29, 0.717) is 16.6 Å². The minimum absolute atomic E-state index is 0.0821. The molecular formula is C15H14N4O3S. The highest BCUT2D eigenvalue weighted by atomic mass is 32.2. The molecule has 0 saturated carbocycles. The van der Waals surface area contributed by atoms with Crippen LogP contribution in [0.2, 0.25) is 0 Å². The number of rotatable bonds is 4. The molecule has 0 spiro atoms. The van der Waals surface area contributed by atoms with Gasteiger partial charge in [-0.25, -0.2) is 8.42 Å². The molecule has 0 saturated heterocycles. The van der Waals surface area contributed by atoms with Crippen LogP contribution in [0.25, 0.3) is 10.9 Å². The van der Waals surface area contributed by atoms with Crippen molar-refractivity contribution in [2.24, 2.45) is 0 Å². The van der Waals surface area contributed by atoms with Crippen molar-refractivity contribution in [3.8, 4) is 6.01 Å². The summed E-state index contributed by atoms with van der Waals surface area (Å²) in [6.45, 7) is 0. The Labute approximate surface area is 133 Å². The van der Waals surface area contributed by atoms with Gasteiger partial charge in [-0.05, 0) is 36.4 Å². The van der Waals surface area contributed by atoms with Crippen LogP contribution >= 0.6 is 0 Å². The van der Waals surface area contributed by atoms with E-state index in [4.69, 9.17) is 10.5 Å². The summed E-state index contributed by atoms with van der Waals surface area (Å²) in [4.78, 5) is 8.37. The van der Waals surface area contributed by atoms with Crippen LogP contribution < -0.4 is 15.2 Å². The Morgan fingerprint density at radius 2 is 1.74 bits per heavy atom. The summed E-state index contributed by atoms with van der Waals surface area (Å²) < 4.78 is 32.5. The van der Waals surface area contributed by atoms with E-state index < -0.39 is 10.0 Å². The van der Waals surface area contributed by atoms with Gasteiger partial charge in [0.1, 0.15) is 0 Å². The zero-order valence-corrected chi connectivity index (χ0v) is 13.0. The number of hydrogen-bond donors (Lipinski definition) is 2. The van der Waals surface area contributed by atoms with Gasteiger partial charge in [-0.15, -0.1) is 0 Å². The van der Waals surface area contributed by atoms with E-state index in [2.05, 4.69) is 14.7 Å². The lowest BCUT2D eigenvalue weighted by atomic mass is 10.2. The summed E-state index contributed by atoms with van der Waals surface area (Å²) in [6.07, 6.45) is 0. The molecule has 3 N–H and O–H groups in total. The normalized spacial score (nSPS) is 11.3. The molecule has 8 heteroatoms. The van der Waals surface area contributed by atoms with Crippen LogP contribution in [0.4, 0.5) is 11.5 Å². The number of nitrogens with zero attached hydrogens (tertiary/aromatic N) is 2. The van der Waals surface area contributed by atoms with Crippen LogP contribution in [-0.2, 0) is 10.0 Å². The molecule has 0 aliphatic rings. The first-order valence-electron chi connectivity index (χ1n) is 6.69. The Hall–Kier alpha value is -2.87. The van der Waals surface area contributed by atoms with Gasteiger partial charge in [-0.1, -0.05) is 12.1 Å². The van der Waals surface area contributed by atoms with Gasteiger partial charge in [0.25, 0.3) is 10.0 Å². The lowest BCUT2D eigenvalue weighted by molar-refractivity contribution is 0.382. The van der Waals surface area contributed by atoms with Crippen molar-refractivity contribution in [1.82, 2.24) is 9.97 Å². The first-order valence-corrected chi connectivity index (χ1v) is 8.17. The number of anilines is 2. The number of nitrogen functional groups attached to an aromatic ring is 1. The molecule has 0 fully saturated rings. The monoisotopic (exact) mass is 330 g/mol.